The molecule has 1 heterocycles. The van der Waals surface area contributed by atoms with Gasteiger partial charge in [-0.05, 0) is 37.8 Å². The highest BCUT2D eigenvalue weighted by molar-refractivity contribution is 7.98. The Morgan fingerprint density at radius 2 is 2.00 bits per heavy atom. The molecule has 0 saturated heterocycles. The Labute approximate surface area is 158 Å². The van der Waals surface area contributed by atoms with Crippen LogP contribution >= 0.6 is 35.5 Å². The van der Waals surface area contributed by atoms with Crippen LogP contribution in [0.3, 0.4) is 0 Å². The van der Waals surface area contributed by atoms with Gasteiger partial charge in [0.1, 0.15) is 0 Å². The molecule has 0 radical (unpaired) electrons. The van der Waals surface area contributed by atoms with E-state index in [0.717, 1.165) is 17.9 Å². The third-order valence-corrected chi connectivity index (χ3v) is 5.29. The number of anilines is 1. The fourth-order valence-electron chi connectivity index (χ4n) is 2.11. The average Bonchev–Trinajstić information content (AvgIpc) is 2.86. The van der Waals surface area contributed by atoms with Gasteiger partial charge in [-0.2, -0.15) is 11.8 Å². The third kappa shape index (κ3) is 6.09. The number of nitrogens with one attached hydrogen (secondary N) is 1. The van der Waals surface area contributed by atoms with Gasteiger partial charge in [0.2, 0.25) is 5.91 Å². The summed E-state index contributed by atoms with van der Waals surface area (Å²) >= 11 is 3.21. The first-order valence-corrected chi connectivity index (χ1v) is 9.78. The van der Waals surface area contributed by atoms with Gasteiger partial charge in [0.15, 0.2) is 5.13 Å². The Bertz CT molecular complexity index is 658. The molecule has 2 aromatic rings. The predicted molar refractivity (Wildman–Crippen MR) is 108 cm³/mol. The Kier molecular flexibility index (Phi) is 8.76. The fourth-order valence-corrected chi connectivity index (χ4v) is 3.60. The van der Waals surface area contributed by atoms with Crippen LogP contribution in [0, 0.1) is 13.8 Å². The Hall–Kier alpha value is -1.08. The van der Waals surface area contributed by atoms with E-state index in [9.17, 15) is 4.79 Å². The molecule has 0 spiro atoms. The van der Waals surface area contributed by atoms with E-state index in [1.807, 2.05) is 13.2 Å². The van der Waals surface area contributed by atoms with Crippen molar-refractivity contribution < 1.29 is 4.79 Å². The molecule has 1 amide bonds. The van der Waals surface area contributed by atoms with Crippen LogP contribution in [0.25, 0.3) is 0 Å². The van der Waals surface area contributed by atoms with Crippen molar-refractivity contribution in [1.29, 1.82) is 0 Å². The highest BCUT2D eigenvalue weighted by Gasteiger charge is 2.16. The number of hydrogen-bond acceptors (Lipinski definition) is 5. The molecule has 0 aliphatic heterocycles. The van der Waals surface area contributed by atoms with E-state index < -0.39 is 6.04 Å². The van der Waals surface area contributed by atoms with Crippen molar-refractivity contribution in [3.8, 4) is 0 Å². The maximum Gasteiger partial charge on any atom is 0.243 e. The number of halogens is 1. The normalized spacial score (nSPS) is 11.7. The summed E-state index contributed by atoms with van der Waals surface area (Å²) in [5.74, 6) is 0.721. The molecule has 0 aliphatic carbocycles. The molecule has 3 N–H and O–H groups in total. The fraction of sp³-hybridized carbons (Fsp3) is 0.412. The number of benzene rings is 1. The van der Waals surface area contributed by atoms with Crippen molar-refractivity contribution in [2.75, 3.05) is 17.3 Å². The number of nitrogens with zero attached hydrogens (tertiary/aromatic N) is 1. The van der Waals surface area contributed by atoms with Crippen molar-refractivity contribution >= 4 is 46.5 Å². The number of carbonyl (C=O) groups excluding carboxylic acids is 1. The summed E-state index contributed by atoms with van der Waals surface area (Å²) < 4.78 is 0. The largest absolute Gasteiger partial charge is 0.320 e. The minimum absolute atomic E-state index is 0. The number of amides is 1. The summed E-state index contributed by atoms with van der Waals surface area (Å²) in [7, 11) is 0. The molecule has 1 atom stereocenters. The molecule has 7 heteroatoms. The van der Waals surface area contributed by atoms with Gasteiger partial charge in [-0.15, -0.1) is 23.7 Å². The summed E-state index contributed by atoms with van der Waals surface area (Å²) in [5.41, 5.74) is 9.35. The highest BCUT2D eigenvalue weighted by Crippen LogP contribution is 2.25. The zero-order valence-corrected chi connectivity index (χ0v) is 16.6. The molecule has 2 rings (SSSR count). The number of rotatable bonds is 7. The van der Waals surface area contributed by atoms with Gasteiger partial charge in [0.05, 0.1) is 11.7 Å². The zero-order valence-electron chi connectivity index (χ0n) is 14.2. The van der Waals surface area contributed by atoms with Crippen LogP contribution in [-0.4, -0.2) is 28.9 Å². The van der Waals surface area contributed by atoms with Crippen LogP contribution in [0.1, 0.15) is 28.1 Å². The van der Waals surface area contributed by atoms with Gasteiger partial charge in [-0.3, -0.25) is 4.79 Å². The number of aryl methyl sites for hydroxylation is 2. The van der Waals surface area contributed by atoms with E-state index >= 15 is 0 Å². The third-order valence-electron chi connectivity index (χ3n) is 3.58. The first-order valence-electron chi connectivity index (χ1n) is 7.57. The summed E-state index contributed by atoms with van der Waals surface area (Å²) in [6, 6.07) is 8.00. The van der Waals surface area contributed by atoms with Crippen LogP contribution in [0.4, 0.5) is 5.13 Å². The molecule has 0 fully saturated rings. The van der Waals surface area contributed by atoms with Crippen LogP contribution in [0.2, 0.25) is 0 Å². The predicted octanol–water partition coefficient (Wildman–Crippen LogP) is 3.79. The lowest BCUT2D eigenvalue weighted by Gasteiger charge is -2.09. The molecule has 24 heavy (non-hydrogen) atoms. The van der Waals surface area contributed by atoms with Gasteiger partial charge < -0.3 is 11.1 Å². The Morgan fingerprint density at radius 3 is 2.62 bits per heavy atom. The molecule has 0 aliphatic rings. The van der Waals surface area contributed by atoms with Gasteiger partial charge in [-0.25, -0.2) is 4.98 Å². The van der Waals surface area contributed by atoms with Gasteiger partial charge in [-0.1, -0.05) is 29.8 Å². The SMILES string of the molecule is CSCC[C@H](N)C(=O)Nc1nc(C)c(Cc2ccc(C)cc2)s1.Cl. The van der Waals surface area contributed by atoms with Crippen molar-refractivity contribution in [2.24, 2.45) is 5.73 Å². The van der Waals surface area contributed by atoms with E-state index in [4.69, 9.17) is 5.73 Å². The van der Waals surface area contributed by atoms with Crippen LogP contribution in [0.5, 0.6) is 0 Å². The number of thiazole rings is 1. The standard InChI is InChI=1S/C17H23N3OS2.ClH/c1-11-4-6-13(7-5-11)10-15-12(2)19-17(23-15)20-16(21)14(18)8-9-22-3;/h4-7,14H,8-10,18H2,1-3H3,(H,19,20,21);1H/t14-;/m0./s1. The zero-order chi connectivity index (χ0) is 16.8. The smallest absolute Gasteiger partial charge is 0.243 e. The molecule has 1 aromatic carbocycles. The number of thioether (sulfide) groups is 1. The first kappa shape index (κ1) is 21.0. The second-order valence-corrected chi connectivity index (χ2v) is 7.64. The monoisotopic (exact) mass is 385 g/mol. The topological polar surface area (TPSA) is 68.0 Å². The molecular formula is C17H24ClN3OS2. The number of nitrogens with two attached hydrogens (primary N) is 1. The molecule has 0 saturated carbocycles. The molecule has 4 nitrogen and oxygen atoms in total. The van der Waals surface area contributed by atoms with Crippen LogP contribution in [0.15, 0.2) is 24.3 Å². The molecule has 0 bridgehead atoms. The lowest BCUT2D eigenvalue weighted by molar-refractivity contribution is -0.117. The average molecular weight is 386 g/mol. The molecule has 1 aromatic heterocycles. The van der Waals surface area contributed by atoms with E-state index in [0.29, 0.717) is 11.6 Å². The Balaban J connectivity index is 0.00000288. The maximum absolute atomic E-state index is 12.1. The lowest BCUT2D eigenvalue weighted by atomic mass is 10.1. The van der Waals surface area contributed by atoms with E-state index in [1.165, 1.54) is 27.3 Å². The Morgan fingerprint density at radius 1 is 1.33 bits per heavy atom. The van der Waals surface area contributed by atoms with E-state index in [-0.39, 0.29) is 18.3 Å². The second kappa shape index (κ2) is 10.0. The van der Waals surface area contributed by atoms with Crippen molar-refractivity contribution in [1.82, 2.24) is 4.98 Å². The highest BCUT2D eigenvalue weighted by atomic mass is 35.5. The number of carbonyl (C=O) groups is 1. The minimum Gasteiger partial charge on any atom is -0.320 e. The van der Waals surface area contributed by atoms with Gasteiger partial charge >= 0.3 is 0 Å². The maximum atomic E-state index is 12.1. The van der Waals surface area contributed by atoms with Gasteiger partial charge in [0, 0.05) is 11.3 Å². The quantitative estimate of drug-likeness (QED) is 0.760. The number of hydrogen-bond donors (Lipinski definition) is 2. The van der Waals surface area contributed by atoms with Crippen molar-refractivity contribution in [3.05, 3.63) is 46.0 Å². The first-order chi connectivity index (χ1) is 11.0. The second-order valence-electron chi connectivity index (χ2n) is 5.57. The van der Waals surface area contributed by atoms with Crippen LogP contribution < -0.4 is 11.1 Å². The van der Waals surface area contributed by atoms with E-state index in [1.54, 1.807) is 11.8 Å². The van der Waals surface area contributed by atoms with E-state index in [2.05, 4.69) is 41.5 Å². The molecular weight excluding hydrogens is 362 g/mol. The van der Waals surface area contributed by atoms with Gasteiger partial charge in [0.25, 0.3) is 0 Å². The summed E-state index contributed by atoms with van der Waals surface area (Å²) in [6.07, 6.45) is 3.51. The summed E-state index contributed by atoms with van der Waals surface area (Å²) in [4.78, 5) is 17.7. The molecule has 132 valence electrons. The minimum atomic E-state index is -0.479. The number of aromatic nitrogens is 1. The summed E-state index contributed by atoms with van der Waals surface area (Å²) in [6.45, 7) is 4.05. The lowest BCUT2D eigenvalue weighted by Crippen LogP contribution is -2.36. The summed E-state index contributed by atoms with van der Waals surface area (Å²) in [5, 5.41) is 3.47. The molecule has 0 unspecified atom stereocenters. The van der Waals surface area contributed by atoms with Crippen molar-refractivity contribution in [3.63, 3.8) is 0 Å². The van der Waals surface area contributed by atoms with Crippen molar-refractivity contribution in [2.45, 2.75) is 32.7 Å². The van der Waals surface area contributed by atoms with Crippen LogP contribution in [-0.2, 0) is 11.2 Å².